The molecule has 1 unspecified atom stereocenters. The van der Waals surface area contributed by atoms with E-state index in [0.29, 0.717) is 6.04 Å². The minimum atomic E-state index is 0.569. The predicted molar refractivity (Wildman–Crippen MR) is 89.3 cm³/mol. The summed E-state index contributed by atoms with van der Waals surface area (Å²) in [5, 5.41) is 3.56. The van der Waals surface area contributed by atoms with Crippen molar-refractivity contribution in [2.45, 2.75) is 39.7 Å². The third kappa shape index (κ3) is 2.63. The van der Waals surface area contributed by atoms with Crippen molar-refractivity contribution in [2.75, 3.05) is 12.4 Å². The van der Waals surface area contributed by atoms with Gasteiger partial charge < -0.3 is 10.1 Å². The molecule has 0 bridgehead atoms. The van der Waals surface area contributed by atoms with E-state index in [0.717, 1.165) is 12.2 Å². The van der Waals surface area contributed by atoms with Gasteiger partial charge in [-0.15, -0.1) is 0 Å². The molecule has 0 aromatic heterocycles. The van der Waals surface area contributed by atoms with Gasteiger partial charge in [0.15, 0.2) is 0 Å². The number of aryl methyl sites for hydroxylation is 3. The Balaban J connectivity index is 2.09. The third-order valence-electron chi connectivity index (χ3n) is 4.31. The maximum atomic E-state index is 5.61. The van der Waals surface area contributed by atoms with Crippen molar-refractivity contribution in [1.82, 2.24) is 0 Å². The standard InChI is InChI=1S/C19H23NO/c1-12-9-13(2)19(18(10-12)21-4)16-7-8-17-15(11-16)6-5-14(3)20-17/h7-11,14,20H,5-6H2,1-4H3. The van der Waals surface area contributed by atoms with Gasteiger partial charge in [-0.1, -0.05) is 12.1 Å². The van der Waals surface area contributed by atoms with Crippen molar-refractivity contribution >= 4 is 5.69 Å². The average molecular weight is 281 g/mol. The lowest BCUT2D eigenvalue weighted by Gasteiger charge is -2.25. The van der Waals surface area contributed by atoms with Gasteiger partial charge in [0.1, 0.15) is 5.75 Å². The van der Waals surface area contributed by atoms with Crippen molar-refractivity contribution < 1.29 is 4.74 Å². The zero-order valence-corrected chi connectivity index (χ0v) is 13.3. The monoisotopic (exact) mass is 281 g/mol. The number of hydrogen-bond donors (Lipinski definition) is 1. The number of fused-ring (bicyclic) bond motifs is 1. The number of nitrogens with one attached hydrogen (secondary N) is 1. The van der Waals surface area contributed by atoms with Crippen molar-refractivity contribution in [3.63, 3.8) is 0 Å². The van der Waals surface area contributed by atoms with E-state index in [1.165, 1.54) is 39.9 Å². The fourth-order valence-corrected chi connectivity index (χ4v) is 3.27. The van der Waals surface area contributed by atoms with Crippen LogP contribution in [-0.4, -0.2) is 13.2 Å². The Labute approximate surface area is 127 Å². The number of methoxy groups -OCH3 is 1. The molecule has 1 aliphatic heterocycles. The Kier molecular flexibility index (Phi) is 3.62. The SMILES string of the molecule is COc1cc(C)cc(C)c1-c1ccc2c(c1)CCC(C)N2. The predicted octanol–water partition coefficient (Wildman–Crippen LogP) is 4.73. The van der Waals surface area contributed by atoms with Gasteiger partial charge in [0.2, 0.25) is 0 Å². The van der Waals surface area contributed by atoms with Gasteiger partial charge in [-0.2, -0.15) is 0 Å². The molecule has 1 atom stereocenters. The molecule has 0 saturated carbocycles. The third-order valence-corrected chi connectivity index (χ3v) is 4.31. The molecule has 21 heavy (non-hydrogen) atoms. The van der Waals surface area contributed by atoms with Gasteiger partial charge in [0, 0.05) is 17.3 Å². The Hall–Kier alpha value is -1.96. The maximum Gasteiger partial charge on any atom is 0.127 e. The van der Waals surface area contributed by atoms with E-state index in [9.17, 15) is 0 Å². The minimum absolute atomic E-state index is 0.569. The number of ether oxygens (including phenoxy) is 1. The van der Waals surface area contributed by atoms with E-state index >= 15 is 0 Å². The number of anilines is 1. The van der Waals surface area contributed by atoms with Gasteiger partial charge in [0.05, 0.1) is 7.11 Å². The van der Waals surface area contributed by atoms with Crippen LogP contribution in [0.5, 0.6) is 5.75 Å². The molecule has 0 spiro atoms. The van der Waals surface area contributed by atoms with Crippen LogP contribution in [0.1, 0.15) is 30.0 Å². The molecular weight excluding hydrogens is 258 g/mol. The van der Waals surface area contributed by atoms with Crippen LogP contribution >= 0.6 is 0 Å². The second-order valence-corrected chi connectivity index (χ2v) is 6.12. The first kappa shape index (κ1) is 14.0. The second-order valence-electron chi connectivity index (χ2n) is 6.12. The Morgan fingerprint density at radius 1 is 1.14 bits per heavy atom. The van der Waals surface area contributed by atoms with Crippen LogP contribution in [0, 0.1) is 13.8 Å². The van der Waals surface area contributed by atoms with Crippen molar-refractivity contribution in [3.05, 3.63) is 47.0 Å². The average Bonchev–Trinajstić information content (AvgIpc) is 2.46. The molecule has 0 radical (unpaired) electrons. The summed E-state index contributed by atoms with van der Waals surface area (Å²) in [7, 11) is 1.75. The van der Waals surface area contributed by atoms with E-state index in [-0.39, 0.29) is 0 Å². The molecule has 1 aliphatic rings. The molecule has 0 fully saturated rings. The largest absolute Gasteiger partial charge is 0.496 e. The lowest BCUT2D eigenvalue weighted by Crippen LogP contribution is -2.21. The van der Waals surface area contributed by atoms with E-state index < -0.39 is 0 Å². The molecule has 0 saturated heterocycles. The first-order chi connectivity index (χ1) is 10.1. The number of rotatable bonds is 2. The van der Waals surface area contributed by atoms with E-state index in [4.69, 9.17) is 4.74 Å². The fraction of sp³-hybridized carbons (Fsp3) is 0.368. The zero-order chi connectivity index (χ0) is 15.0. The summed E-state index contributed by atoms with van der Waals surface area (Å²) in [4.78, 5) is 0. The molecule has 1 N–H and O–H groups in total. The summed E-state index contributed by atoms with van der Waals surface area (Å²) in [6, 6.07) is 11.6. The summed E-state index contributed by atoms with van der Waals surface area (Å²) >= 11 is 0. The van der Waals surface area contributed by atoms with Crippen LogP contribution in [-0.2, 0) is 6.42 Å². The summed E-state index contributed by atoms with van der Waals surface area (Å²) < 4.78 is 5.61. The molecule has 110 valence electrons. The van der Waals surface area contributed by atoms with Crippen LogP contribution < -0.4 is 10.1 Å². The number of benzene rings is 2. The smallest absolute Gasteiger partial charge is 0.127 e. The topological polar surface area (TPSA) is 21.3 Å². The quantitative estimate of drug-likeness (QED) is 0.859. The van der Waals surface area contributed by atoms with Crippen molar-refractivity contribution in [2.24, 2.45) is 0 Å². The van der Waals surface area contributed by atoms with E-state index in [2.05, 4.69) is 56.4 Å². The molecular formula is C19H23NO. The highest BCUT2D eigenvalue weighted by Gasteiger charge is 2.16. The second kappa shape index (κ2) is 5.44. The molecule has 2 aromatic rings. The zero-order valence-electron chi connectivity index (χ0n) is 13.3. The van der Waals surface area contributed by atoms with E-state index in [1.807, 2.05) is 0 Å². The van der Waals surface area contributed by atoms with Crippen LogP contribution in [0.15, 0.2) is 30.3 Å². The van der Waals surface area contributed by atoms with Crippen LogP contribution in [0.25, 0.3) is 11.1 Å². The molecule has 0 aliphatic carbocycles. The van der Waals surface area contributed by atoms with Gasteiger partial charge in [-0.25, -0.2) is 0 Å². The van der Waals surface area contributed by atoms with E-state index in [1.54, 1.807) is 7.11 Å². The highest BCUT2D eigenvalue weighted by molar-refractivity contribution is 5.77. The number of hydrogen-bond acceptors (Lipinski definition) is 2. The Morgan fingerprint density at radius 3 is 2.71 bits per heavy atom. The van der Waals surface area contributed by atoms with Gasteiger partial charge in [-0.3, -0.25) is 0 Å². The van der Waals surface area contributed by atoms with Crippen LogP contribution in [0.3, 0.4) is 0 Å². The highest BCUT2D eigenvalue weighted by Crippen LogP contribution is 2.37. The Morgan fingerprint density at radius 2 is 1.95 bits per heavy atom. The lowest BCUT2D eigenvalue weighted by atomic mass is 9.92. The molecule has 3 rings (SSSR count). The first-order valence-corrected chi connectivity index (χ1v) is 7.63. The lowest BCUT2D eigenvalue weighted by molar-refractivity contribution is 0.416. The maximum absolute atomic E-state index is 5.61. The van der Waals surface area contributed by atoms with Crippen LogP contribution in [0.2, 0.25) is 0 Å². The van der Waals surface area contributed by atoms with Crippen LogP contribution in [0.4, 0.5) is 5.69 Å². The minimum Gasteiger partial charge on any atom is -0.496 e. The normalized spacial score (nSPS) is 17.0. The summed E-state index contributed by atoms with van der Waals surface area (Å²) in [6.45, 7) is 6.51. The van der Waals surface area contributed by atoms with Gasteiger partial charge >= 0.3 is 0 Å². The molecule has 2 nitrogen and oxygen atoms in total. The highest BCUT2D eigenvalue weighted by atomic mass is 16.5. The van der Waals surface area contributed by atoms with Crippen molar-refractivity contribution in [1.29, 1.82) is 0 Å². The molecule has 2 aromatic carbocycles. The first-order valence-electron chi connectivity index (χ1n) is 7.63. The molecule has 0 amide bonds. The molecule has 1 heterocycles. The summed E-state index contributed by atoms with van der Waals surface area (Å²) in [6.07, 6.45) is 2.34. The summed E-state index contributed by atoms with van der Waals surface area (Å²) in [5.41, 5.74) is 7.66. The van der Waals surface area contributed by atoms with Crippen molar-refractivity contribution in [3.8, 4) is 16.9 Å². The molecule has 2 heteroatoms. The van der Waals surface area contributed by atoms with Gasteiger partial charge in [0.25, 0.3) is 0 Å². The Bertz CT molecular complexity index is 676. The van der Waals surface area contributed by atoms with Gasteiger partial charge in [-0.05, 0) is 74.1 Å². The summed E-state index contributed by atoms with van der Waals surface area (Å²) in [5.74, 6) is 0.963. The fourth-order valence-electron chi connectivity index (χ4n) is 3.27.